The topological polar surface area (TPSA) is 84.7 Å². The molecule has 7 nitrogen and oxygen atoms in total. The van der Waals surface area contributed by atoms with Gasteiger partial charge in [-0.15, -0.1) is 11.3 Å². The van der Waals surface area contributed by atoms with Crippen molar-refractivity contribution in [3.63, 3.8) is 0 Å². The Morgan fingerprint density at radius 1 is 1.43 bits per heavy atom. The van der Waals surface area contributed by atoms with Gasteiger partial charge in [0.05, 0.1) is 12.2 Å². The van der Waals surface area contributed by atoms with E-state index in [1.807, 2.05) is 0 Å². The largest absolute Gasteiger partial charge is 0.331 e. The van der Waals surface area contributed by atoms with Crippen LogP contribution in [0.4, 0.5) is 9.93 Å². The average Bonchev–Trinajstić information content (AvgIpc) is 3.03. The molecule has 0 aliphatic carbocycles. The van der Waals surface area contributed by atoms with Crippen molar-refractivity contribution < 1.29 is 4.79 Å². The number of rotatable bonds is 6. The molecule has 0 fully saturated rings. The van der Waals surface area contributed by atoms with Crippen LogP contribution in [0.2, 0.25) is 0 Å². The highest BCUT2D eigenvalue weighted by molar-refractivity contribution is 7.15. The molecule has 0 atom stereocenters. The van der Waals surface area contributed by atoms with Gasteiger partial charge in [0, 0.05) is 11.9 Å². The molecule has 0 unspecified atom stereocenters. The van der Waals surface area contributed by atoms with Gasteiger partial charge < -0.3 is 5.32 Å². The van der Waals surface area contributed by atoms with Gasteiger partial charge in [-0.3, -0.25) is 10.00 Å². The first-order valence-corrected chi connectivity index (χ1v) is 7.82. The highest BCUT2D eigenvalue weighted by Crippen LogP contribution is 2.24. The van der Waals surface area contributed by atoms with Crippen molar-refractivity contribution in [3.8, 4) is 0 Å². The Morgan fingerprint density at radius 3 is 2.86 bits per heavy atom. The average molecular weight is 308 g/mol. The molecule has 0 radical (unpaired) electrons. The van der Waals surface area contributed by atoms with Crippen LogP contribution in [-0.2, 0) is 26.4 Å². The van der Waals surface area contributed by atoms with Gasteiger partial charge in [-0.25, -0.2) is 14.8 Å². The third-order valence-corrected chi connectivity index (χ3v) is 4.18. The molecule has 0 aliphatic heterocycles. The number of nitrogens with zero attached hydrogens (tertiary/aromatic N) is 4. The van der Waals surface area contributed by atoms with Crippen molar-refractivity contribution in [2.75, 3.05) is 5.32 Å². The van der Waals surface area contributed by atoms with Gasteiger partial charge in [-0.2, -0.15) is 5.10 Å². The first-order valence-electron chi connectivity index (χ1n) is 7.00. The zero-order valence-corrected chi connectivity index (χ0v) is 13.3. The maximum absolute atomic E-state index is 11.9. The van der Waals surface area contributed by atoms with E-state index >= 15 is 0 Å². The number of hydrogen-bond donors (Lipinski definition) is 2. The predicted octanol–water partition coefficient (Wildman–Crippen LogP) is 2.11. The van der Waals surface area contributed by atoms with Crippen molar-refractivity contribution in [2.45, 2.75) is 39.7 Å². The molecule has 21 heavy (non-hydrogen) atoms. The van der Waals surface area contributed by atoms with Crippen molar-refractivity contribution in [1.82, 2.24) is 25.1 Å². The number of nitrogens with one attached hydrogen (secondary N) is 2. The lowest BCUT2D eigenvalue weighted by Gasteiger charge is -2.04. The van der Waals surface area contributed by atoms with Crippen molar-refractivity contribution in [1.29, 1.82) is 0 Å². The summed E-state index contributed by atoms with van der Waals surface area (Å²) < 4.78 is 1.62. The highest BCUT2D eigenvalue weighted by atomic mass is 32.1. The highest BCUT2D eigenvalue weighted by Gasteiger charge is 2.11. The minimum atomic E-state index is -0.280. The summed E-state index contributed by atoms with van der Waals surface area (Å²) in [6.45, 7) is 4.56. The Labute approximate surface area is 127 Å². The number of anilines is 1. The molecule has 0 spiro atoms. The summed E-state index contributed by atoms with van der Waals surface area (Å²) in [5.41, 5.74) is 1.09. The van der Waals surface area contributed by atoms with Crippen LogP contribution in [-0.4, -0.2) is 25.8 Å². The minimum absolute atomic E-state index is 0.280. The van der Waals surface area contributed by atoms with Crippen LogP contribution in [0.15, 0.2) is 6.33 Å². The Kier molecular flexibility index (Phi) is 5.26. The van der Waals surface area contributed by atoms with Crippen LogP contribution in [0.25, 0.3) is 0 Å². The SMILES string of the molecule is CCCc1nc(NC(=O)NCc2ncnn2C)sc1CC. The van der Waals surface area contributed by atoms with Gasteiger partial charge in [0.25, 0.3) is 0 Å². The maximum atomic E-state index is 11.9. The Hall–Kier alpha value is -1.96. The summed E-state index contributed by atoms with van der Waals surface area (Å²) >= 11 is 1.54. The summed E-state index contributed by atoms with van der Waals surface area (Å²) in [6.07, 6.45) is 4.39. The molecule has 2 amide bonds. The lowest BCUT2D eigenvalue weighted by Crippen LogP contribution is -2.29. The lowest BCUT2D eigenvalue weighted by atomic mass is 10.2. The van der Waals surface area contributed by atoms with E-state index in [2.05, 4.69) is 39.5 Å². The standard InChI is InChI=1S/C13H20N6OS/c1-4-6-9-10(5-2)21-13(17-9)18-12(20)14-7-11-15-8-16-19(11)3/h8H,4-7H2,1-3H3,(H2,14,17,18,20). The normalized spacial score (nSPS) is 10.6. The van der Waals surface area contributed by atoms with E-state index in [0.717, 1.165) is 25.0 Å². The first-order chi connectivity index (χ1) is 10.1. The van der Waals surface area contributed by atoms with Crippen LogP contribution >= 0.6 is 11.3 Å². The molecule has 2 N–H and O–H groups in total. The fraction of sp³-hybridized carbons (Fsp3) is 0.538. The van der Waals surface area contributed by atoms with Crippen LogP contribution in [0.1, 0.15) is 36.7 Å². The molecule has 114 valence electrons. The van der Waals surface area contributed by atoms with E-state index in [1.165, 1.54) is 22.5 Å². The number of aromatic nitrogens is 4. The molecule has 2 heterocycles. The zero-order valence-electron chi connectivity index (χ0n) is 12.5. The summed E-state index contributed by atoms with van der Waals surface area (Å²) in [6, 6.07) is -0.280. The van der Waals surface area contributed by atoms with Crippen LogP contribution in [0.5, 0.6) is 0 Å². The Bertz CT molecular complexity index is 606. The van der Waals surface area contributed by atoms with Crippen LogP contribution in [0, 0.1) is 0 Å². The van der Waals surface area contributed by atoms with E-state index in [9.17, 15) is 4.79 Å². The van der Waals surface area contributed by atoms with Gasteiger partial charge in [0.2, 0.25) is 0 Å². The smallest absolute Gasteiger partial charge is 0.321 e. The maximum Gasteiger partial charge on any atom is 0.321 e. The molecular weight excluding hydrogens is 288 g/mol. The number of hydrogen-bond acceptors (Lipinski definition) is 5. The van der Waals surface area contributed by atoms with Crippen LogP contribution < -0.4 is 10.6 Å². The van der Waals surface area contributed by atoms with Crippen LogP contribution in [0.3, 0.4) is 0 Å². The van der Waals surface area contributed by atoms with Gasteiger partial charge >= 0.3 is 6.03 Å². The van der Waals surface area contributed by atoms with Gasteiger partial charge in [-0.1, -0.05) is 20.3 Å². The monoisotopic (exact) mass is 308 g/mol. The quantitative estimate of drug-likeness (QED) is 0.856. The number of amides is 2. The molecule has 0 aliphatic rings. The Balaban J connectivity index is 1.91. The summed E-state index contributed by atoms with van der Waals surface area (Å²) in [7, 11) is 1.79. The second-order valence-corrected chi connectivity index (χ2v) is 5.68. The number of thiazole rings is 1. The molecular formula is C13H20N6OS. The number of carbonyl (C=O) groups excluding carboxylic acids is 1. The third kappa shape index (κ3) is 4.01. The fourth-order valence-electron chi connectivity index (χ4n) is 1.93. The molecule has 2 rings (SSSR count). The second kappa shape index (κ2) is 7.16. The molecule has 0 aromatic carbocycles. The molecule has 0 bridgehead atoms. The number of carbonyl (C=O) groups is 1. The van der Waals surface area contributed by atoms with Gasteiger partial charge in [0.1, 0.15) is 12.2 Å². The zero-order chi connectivity index (χ0) is 15.2. The van der Waals surface area contributed by atoms with Crippen molar-refractivity contribution in [3.05, 3.63) is 22.7 Å². The third-order valence-electron chi connectivity index (χ3n) is 3.02. The Morgan fingerprint density at radius 2 is 2.24 bits per heavy atom. The number of aryl methyl sites for hydroxylation is 3. The summed E-state index contributed by atoms with van der Waals surface area (Å²) in [5.74, 6) is 0.699. The van der Waals surface area contributed by atoms with E-state index in [1.54, 1.807) is 11.7 Å². The minimum Gasteiger partial charge on any atom is -0.331 e. The fourth-order valence-corrected chi connectivity index (χ4v) is 2.87. The lowest BCUT2D eigenvalue weighted by molar-refractivity contribution is 0.251. The van der Waals surface area contributed by atoms with E-state index in [0.29, 0.717) is 17.5 Å². The molecule has 0 saturated carbocycles. The molecule has 0 saturated heterocycles. The molecule has 8 heteroatoms. The summed E-state index contributed by atoms with van der Waals surface area (Å²) in [5, 5.41) is 10.1. The van der Waals surface area contributed by atoms with Gasteiger partial charge in [-0.05, 0) is 12.8 Å². The van der Waals surface area contributed by atoms with Gasteiger partial charge in [0.15, 0.2) is 5.13 Å². The van der Waals surface area contributed by atoms with E-state index < -0.39 is 0 Å². The predicted molar refractivity (Wildman–Crippen MR) is 82.3 cm³/mol. The van der Waals surface area contributed by atoms with Crippen molar-refractivity contribution >= 4 is 22.5 Å². The van der Waals surface area contributed by atoms with E-state index in [-0.39, 0.29) is 6.03 Å². The molecule has 2 aromatic rings. The second-order valence-electron chi connectivity index (χ2n) is 4.60. The van der Waals surface area contributed by atoms with E-state index in [4.69, 9.17) is 0 Å². The molecule has 2 aromatic heterocycles. The summed E-state index contributed by atoms with van der Waals surface area (Å²) in [4.78, 5) is 21.6. The van der Waals surface area contributed by atoms with Crippen molar-refractivity contribution in [2.24, 2.45) is 7.05 Å². The number of urea groups is 1. The first kappa shape index (κ1) is 15.4.